The summed E-state index contributed by atoms with van der Waals surface area (Å²) in [5.74, 6) is 0.931. The molecular weight excluding hydrogens is 248 g/mol. The molecule has 1 aliphatic heterocycles. The Labute approximate surface area is 112 Å². The maximum Gasteiger partial charge on any atom is 0.411 e. The fourth-order valence-corrected chi connectivity index (χ4v) is 1.91. The molecule has 0 bridgehead atoms. The van der Waals surface area contributed by atoms with Crippen LogP contribution in [0.15, 0.2) is 4.42 Å². The normalized spacial score (nSPS) is 20.4. The molecule has 1 N–H and O–H groups in total. The van der Waals surface area contributed by atoms with Gasteiger partial charge in [0.2, 0.25) is 11.8 Å². The Kier molecular flexibility index (Phi) is 3.75. The van der Waals surface area contributed by atoms with Gasteiger partial charge in [0.25, 0.3) is 0 Å². The molecule has 106 valence electrons. The zero-order chi connectivity index (χ0) is 14.0. The minimum Gasteiger partial charge on any atom is -0.444 e. The smallest absolute Gasteiger partial charge is 0.411 e. The number of carbonyl (C=O) groups is 1. The third-order valence-electron chi connectivity index (χ3n) is 2.70. The first-order valence-electron chi connectivity index (χ1n) is 6.37. The van der Waals surface area contributed by atoms with E-state index in [4.69, 9.17) is 9.15 Å². The van der Waals surface area contributed by atoms with Crippen molar-refractivity contribution in [3.8, 4) is 0 Å². The van der Waals surface area contributed by atoms with Gasteiger partial charge < -0.3 is 14.5 Å². The van der Waals surface area contributed by atoms with Crippen LogP contribution in [0.2, 0.25) is 0 Å². The summed E-state index contributed by atoms with van der Waals surface area (Å²) in [4.78, 5) is 13.8. The number of aromatic nitrogens is 2. The van der Waals surface area contributed by atoms with E-state index in [0.717, 1.165) is 6.54 Å². The van der Waals surface area contributed by atoms with Gasteiger partial charge in [0.05, 0.1) is 0 Å². The molecule has 0 spiro atoms. The standard InChI is InChI=1S/C12H20N4O3/c1-8-14-15-10(18-8)9-7-13-5-6-16(9)11(17)19-12(2,3)4/h9,13H,5-7H2,1-4H3. The Morgan fingerprint density at radius 3 is 2.79 bits per heavy atom. The van der Waals surface area contributed by atoms with E-state index in [1.165, 1.54) is 0 Å². The number of nitrogens with zero attached hydrogens (tertiary/aromatic N) is 3. The number of hydrogen-bond acceptors (Lipinski definition) is 6. The highest BCUT2D eigenvalue weighted by Crippen LogP contribution is 2.23. The largest absolute Gasteiger partial charge is 0.444 e. The maximum absolute atomic E-state index is 12.2. The van der Waals surface area contributed by atoms with Crippen LogP contribution < -0.4 is 5.32 Å². The molecule has 1 atom stereocenters. The van der Waals surface area contributed by atoms with E-state index in [0.29, 0.717) is 24.9 Å². The molecule has 1 aliphatic rings. The van der Waals surface area contributed by atoms with Gasteiger partial charge >= 0.3 is 6.09 Å². The van der Waals surface area contributed by atoms with Crippen LogP contribution in [0, 0.1) is 6.92 Å². The van der Waals surface area contributed by atoms with Gasteiger partial charge in [-0.25, -0.2) is 4.79 Å². The average molecular weight is 268 g/mol. The van der Waals surface area contributed by atoms with Crippen molar-refractivity contribution >= 4 is 6.09 Å². The molecule has 2 rings (SSSR count). The lowest BCUT2D eigenvalue weighted by atomic mass is 10.2. The van der Waals surface area contributed by atoms with Gasteiger partial charge in [-0.15, -0.1) is 10.2 Å². The molecule has 7 heteroatoms. The summed E-state index contributed by atoms with van der Waals surface area (Å²) in [6.07, 6.45) is -0.352. The summed E-state index contributed by atoms with van der Waals surface area (Å²) in [5, 5.41) is 11.0. The van der Waals surface area contributed by atoms with E-state index < -0.39 is 5.60 Å². The lowest BCUT2D eigenvalue weighted by molar-refractivity contribution is 0.00854. The zero-order valence-corrected chi connectivity index (χ0v) is 11.8. The van der Waals surface area contributed by atoms with Crippen molar-refractivity contribution in [1.82, 2.24) is 20.4 Å². The van der Waals surface area contributed by atoms with Crippen LogP contribution in [0.5, 0.6) is 0 Å². The Morgan fingerprint density at radius 1 is 1.47 bits per heavy atom. The minimum absolute atomic E-state index is 0.273. The van der Waals surface area contributed by atoms with Gasteiger partial charge in [0.1, 0.15) is 11.6 Å². The SMILES string of the molecule is Cc1nnc(C2CNCCN2C(=O)OC(C)(C)C)o1. The van der Waals surface area contributed by atoms with Crippen LogP contribution in [-0.4, -0.2) is 46.4 Å². The van der Waals surface area contributed by atoms with Gasteiger partial charge in [-0.05, 0) is 20.8 Å². The van der Waals surface area contributed by atoms with Crippen molar-refractivity contribution in [2.75, 3.05) is 19.6 Å². The zero-order valence-electron chi connectivity index (χ0n) is 11.8. The molecule has 1 saturated heterocycles. The van der Waals surface area contributed by atoms with Crippen LogP contribution >= 0.6 is 0 Å². The molecule has 1 aromatic heterocycles. The molecule has 1 unspecified atom stereocenters. The van der Waals surface area contributed by atoms with Crippen molar-refractivity contribution in [2.45, 2.75) is 39.3 Å². The highest BCUT2D eigenvalue weighted by molar-refractivity contribution is 5.68. The summed E-state index contributed by atoms with van der Waals surface area (Å²) < 4.78 is 10.8. The van der Waals surface area contributed by atoms with E-state index in [1.54, 1.807) is 11.8 Å². The second-order valence-electron chi connectivity index (χ2n) is 5.55. The summed E-state index contributed by atoms with van der Waals surface area (Å²) in [5.41, 5.74) is -0.517. The predicted octanol–water partition coefficient (Wildman–Crippen LogP) is 1.26. The maximum atomic E-state index is 12.2. The van der Waals surface area contributed by atoms with Gasteiger partial charge in [-0.1, -0.05) is 0 Å². The number of ether oxygens (including phenoxy) is 1. The number of hydrogen-bond donors (Lipinski definition) is 1. The lowest BCUT2D eigenvalue weighted by Gasteiger charge is -2.35. The van der Waals surface area contributed by atoms with Gasteiger partial charge in [0, 0.05) is 26.6 Å². The molecule has 0 aliphatic carbocycles. The third kappa shape index (κ3) is 3.44. The van der Waals surface area contributed by atoms with Crippen molar-refractivity contribution in [1.29, 1.82) is 0 Å². The molecule has 1 amide bonds. The monoisotopic (exact) mass is 268 g/mol. The van der Waals surface area contributed by atoms with E-state index in [9.17, 15) is 4.79 Å². The van der Waals surface area contributed by atoms with Gasteiger partial charge in [-0.2, -0.15) is 0 Å². The molecule has 1 aromatic rings. The molecule has 19 heavy (non-hydrogen) atoms. The van der Waals surface area contributed by atoms with Crippen LogP contribution in [-0.2, 0) is 4.74 Å². The van der Waals surface area contributed by atoms with Crippen LogP contribution in [0.1, 0.15) is 38.6 Å². The number of piperazine rings is 1. The molecule has 0 aromatic carbocycles. The topological polar surface area (TPSA) is 80.5 Å². The Bertz CT molecular complexity index is 452. The highest BCUT2D eigenvalue weighted by Gasteiger charge is 2.34. The van der Waals surface area contributed by atoms with Crippen LogP contribution in [0.25, 0.3) is 0 Å². The molecule has 0 saturated carbocycles. The number of amides is 1. The Balaban J connectivity index is 2.14. The number of aryl methyl sites for hydroxylation is 1. The molecule has 0 radical (unpaired) electrons. The predicted molar refractivity (Wildman–Crippen MR) is 67.6 cm³/mol. The van der Waals surface area contributed by atoms with Crippen molar-refractivity contribution in [3.05, 3.63) is 11.8 Å². The first kappa shape index (κ1) is 13.8. The van der Waals surface area contributed by atoms with Crippen molar-refractivity contribution in [3.63, 3.8) is 0 Å². The minimum atomic E-state index is -0.517. The molecular formula is C12H20N4O3. The first-order valence-corrected chi connectivity index (χ1v) is 6.37. The van der Waals surface area contributed by atoms with Crippen LogP contribution in [0.3, 0.4) is 0 Å². The summed E-state index contributed by atoms with van der Waals surface area (Å²) in [6, 6.07) is -0.273. The average Bonchev–Trinajstić information content (AvgIpc) is 2.73. The second-order valence-corrected chi connectivity index (χ2v) is 5.55. The highest BCUT2D eigenvalue weighted by atomic mass is 16.6. The van der Waals surface area contributed by atoms with E-state index >= 15 is 0 Å². The fourth-order valence-electron chi connectivity index (χ4n) is 1.91. The van der Waals surface area contributed by atoms with Gasteiger partial charge in [0.15, 0.2) is 0 Å². The number of rotatable bonds is 1. The van der Waals surface area contributed by atoms with E-state index in [2.05, 4.69) is 15.5 Å². The molecule has 7 nitrogen and oxygen atoms in total. The second kappa shape index (κ2) is 5.16. The van der Waals surface area contributed by atoms with Crippen LogP contribution in [0.4, 0.5) is 4.79 Å². The first-order chi connectivity index (χ1) is 8.87. The van der Waals surface area contributed by atoms with E-state index in [-0.39, 0.29) is 12.1 Å². The van der Waals surface area contributed by atoms with E-state index in [1.807, 2.05) is 20.8 Å². The van der Waals surface area contributed by atoms with Crippen molar-refractivity contribution in [2.24, 2.45) is 0 Å². The van der Waals surface area contributed by atoms with Gasteiger partial charge in [-0.3, -0.25) is 4.90 Å². The Hall–Kier alpha value is -1.63. The summed E-state index contributed by atoms with van der Waals surface area (Å²) >= 11 is 0. The molecule has 1 fully saturated rings. The number of nitrogens with one attached hydrogen (secondary N) is 1. The third-order valence-corrected chi connectivity index (χ3v) is 2.70. The fraction of sp³-hybridized carbons (Fsp3) is 0.750. The lowest BCUT2D eigenvalue weighted by Crippen LogP contribution is -2.50. The number of carbonyl (C=O) groups excluding carboxylic acids is 1. The summed E-state index contributed by atoms with van der Waals surface area (Å²) in [6.45, 7) is 9.13. The van der Waals surface area contributed by atoms with Crippen molar-refractivity contribution < 1.29 is 13.9 Å². The molecule has 2 heterocycles. The quantitative estimate of drug-likeness (QED) is 0.826. The summed E-state index contributed by atoms with van der Waals surface area (Å²) in [7, 11) is 0. The Morgan fingerprint density at radius 2 is 2.21 bits per heavy atom.